The van der Waals surface area contributed by atoms with Gasteiger partial charge in [-0.05, 0) is 78.6 Å². The Morgan fingerprint density at radius 2 is 1.78 bits per heavy atom. The average molecular weight is 943 g/mol. The molecule has 65 heavy (non-hydrogen) atoms. The van der Waals surface area contributed by atoms with E-state index in [2.05, 4.69) is 25.6 Å². The number of pyridine rings is 1. The largest absolute Gasteiger partial charge is 0.489 e. The minimum absolute atomic E-state index is 0.0810. The summed E-state index contributed by atoms with van der Waals surface area (Å²) in [5, 5.41) is 14.6. The van der Waals surface area contributed by atoms with Gasteiger partial charge in [-0.1, -0.05) is 23.7 Å². The van der Waals surface area contributed by atoms with Gasteiger partial charge in [-0.15, -0.1) is 11.3 Å². The fourth-order valence-corrected chi connectivity index (χ4v) is 10.1. The first kappa shape index (κ1) is 45.8. The summed E-state index contributed by atoms with van der Waals surface area (Å²) in [5.74, 6) is -2.67. The van der Waals surface area contributed by atoms with Crippen LogP contribution >= 0.6 is 22.9 Å². The van der Waals surface area contributed by atoms with Crippen molar-refractivity contribution < 1.29 is 50.5 Å². The van der Waals surface area contributed by atoms with Gasteiger partial charge in [0.2, 0.25) is 0 Å². The molecule has 3 aliphatic heterocycles. The lowest BCUT2D eigenvalue weighted by atomic mass is 9.95. The summed E-state index contributed by atoms with van der Waals surface area (Å²) in [6, 6.07) is 4.64. The number of halogens is 6. The Bertz CT molecular complexity index is 2760. The molecular weight excluding hydrogens is 899 g/mol. The van der Waals surface area contributed by atoms with Crippen LogP contribution in [0.3, 0.4) is 0 Å². The molecular formula is C44H44ClF5N8O6S. The van der Waals surface area contributed by atoms with Crippen LogP contribution in [0.25, 0.3) is 32.1 Å². The second-order valence-electron chi connectivity index (χ2n) is 18.0. The zero-order chi connectivity index (χ0) is 46.7. The highest BCUT2D eigenvalue weighted by Crippen LogP contribution is 2.52. The molecule has 21 heteroatoms. The first-order valence-electron chi connectivity index (χ1n) is 20.7. The van der Waals surface area contributed by atoms with Crippen molar-refractivity contribution in [1.82, 2.24) is 19.9 Å². The molecule has 2 N–H and O–H groups in total. The maximum atomic E-state index is 17.8. The van der Waals surface area contributed by atoms with Gasteiger partial charge in [0.05, 0.1) is 32.8 Å². The minimum atomic E-state index is -3.20. The molecule has 2 saturated heterocycles. The SMILES string of the molecule is CC(C)(C)OC(=O)Nc1ncccc1[C@@H](C(F)F)N1CCOc2c(Cl)c(-c3ccc(F)c4sc(NC(=O)OC(C)(C)C)c(C#N)c34)c(F)c3nc(OC[C@@]45CCCN4C[C@H](F)C5)nc1c23. The van der Waals surface area contributed by atoms with E-state index in [1.54, 1.807) is 41.5 Å². The topological polar surface area (TPSA) is 164 Å². The van der Waals surface area contributed by atoms with E-state index in [1.807, 2.05) is 11.0 Å². The number of nitrogens with one attached hydrogen (secondary N) is 2. The van der Waals surface area contributed by atoms with Crippen LogP contribution in [0.2, 0.25) is 5.02 Å². The van der Waals surface area contributed by atoms with E-state index in [0.717, 1.165) is 28.7 Å². The summed E-state index contributed by atoms with van der Waals surface area (Å²) in [5.41, 5.74) is -3.91. The third-order valence-electron chi connectivity index (χ3n) is 11.2. The number of carbonyl (C=O) groups is 2. The number of hydrogen-bond donors (Lipinski definition) is 2. The van der Waals surface area contributed by atoms with Crippen molar-refractivity contribution in [3.8, 4) is 29.0 Å². The van der Waals surface area contributed by atoms with Gasteiger partial charge in [0.15, 0.2) is 11.6 Å². The zero-order valence-corrected chi connectivity index (χ0v) is 37.7. The van der Waals surface area contributed by atoms with Crippen molar-refractivity contribution in [2.24, 2.45) is 0 Å². The van der Waals surface area contributed by atoms with E-state index in [1.165, 1.54) is 24.4 Å². The second-order valence-corrected chi connectivity index (χ2v) is 19.4. The van der Waals surface area contributed by atoms with E-state index in [4.69, 9.17) is 30.5 Å². The number of alkyl halides is 3. The number of aromatic nitrogens is 3. The number of nitriles is 1. The van der Waals surface area contributed by atoms with Crippen LogP contribution < -0.4 is 25.0 Å². The van der Waals surface area contributed by atoms with Crippen molar-refractivity contribution in [3.05, 3.63) is 58.2 Å². The van der Waals surface area contributed by atoms with Gasteiger partial charge in [0.25, 0.3) is 6.43 Å². The number of anilines is 3. The lowest BCUT2D eigenvalue weighted by molar-refractivity contribution is 0.0624. The molecule has 5 aromatic rings. The molecule has 3 atom stereocenters. The highest BCUT2D eigenvalue weighted by atomic mass is 35.5. The lowest BCUT2D eigenvalue weighted by Crippen LogP contribution is -2.43. The van der Waals surface area contributed by atoms with Crippen molar-refractivity contribution in [3.63, 3.8) is 0 Å². The summed E-state index contributed by atoms with van der Waals surface area (Å²) in [7, 11) is 0. The summed E-state index contributed by atoms with van der Waals surface area (Å²) in [4.78, 5) is 42.2. The molecule has 0 aliphatic carbocycles. The average Bonchev–Trinajstić information content (AvgIpc) is 3.82. The van der Waals surface area contributed by atoms with Gasteiger partial charge in [0, 0.05) is 35.7 Å². The molecule has 0 radical (unpaired) electrons. The molecule has 8 rings (SSSR count). The highest BCUT2D eigenvalue weighted by Gasteiger charge is 2.49. The first-order valence-corrected chi connectivity index (χ1v) is 21.9. The lowest BCUT2D eigenvalue weighted by Gasteiger charge is -2.33. The molecule has 3 aromatic heterocycles. The van der Waals surface area contributed by atoms with Crippen LogP contribution in [0.15, 0.2) is 30.5 Å². The zero-order valence-electron chi connectivity index (χ0n) is 36.1. The third kappa shape index (κ3) is 8.85. The predicted octanol–water partition coefficient (Wildman–Crippen LogP) is 10.6. The number of nitrogens with zero attached hydrogens (tertiary/aromatic N) is 6. The molecule has 2 fully saturated rings. The molecule has 344 valence electrons. The molecule has 3 aliphatic rings. The Morgan fingerprint density at radius 1 is 1.06 bits per heavy atom. The fourth-order valence-electron chi connectivity index (χ4n) is 8.72. The molecule has 0 unspecified atom stereocenters. The van der Waals surface area contributed by atoms with E-state index >= 15 is 17.6 Å². The van der Waals surface area contributed by atoms with Gasteiger partial charge in [-0.3, -0.25) is 15.5 Å². The maximum absolute atomic E-state index is 17.8. The maximum Gasteiger partial charge on any atom is 0.413 e. The van der Waals surface area contributed by atoms with E-state index in [0.29, 0.717) is 13.0 Å². The summed E-state index contributed by atoms with van der Waals surface area (Å²) < 4.78 is 103. The number of carbonyl (C=O) groups excluding carboxylic acids is 2. The predicted molar refractivity (Wildman–Crippen MR) is 234 cm³/mol. The number of hydrogen-bond acceptors (Lipinski definition) is 13. The van der Waals surface area contributed by atoms with Crippen LogP contribution in [0.5, 0.6) is 11.8 Å². The first-order chi connectivity index (χ1) is 30.7. The molecule has 0 bridgehead atoms. The Balaban J connectivity index is 1.33. The number of fused-ring (bicyclic) bond motifs is 2. The Kier molecular flexibility index (Phi) is 12.1. The van der Waals surface area contributed by atoms with E-state index in [-0.39, 0.29) is 97.9 Å². The normalized spacial score (nSPS) is 19.1. The highest BCUT2D eigenvalue weighted by molar-refractivity contribution is 7.23. The van der Waals surface area contributed by atoms with E-state index in [9.17, 15) is 19.2 Å². The van der Waals surface area contributed by atoms with E-state index < -0.39 is 70.7 Å². The molecule has 14 nitrogen and oxygen atoms in total. The van der Waals surface area contributed by atoms with Gasteiger partial charge >= 0.3 is 18.2 Å². The molecule has 0 spiro atoms. The van der Waals surface area contributed by atoms with Gasteiger partial charge in [0.1, 0.15) is 70.7 Å². The molecule has 2 amide bonds. The quantitative estimate of drug-likeness (QED) is 0.135. The summed E-state index contributed by atoms with van der Waals surface area (Å²) in [6.07, 6.45) is -3.34. The Hall–Kier alpha value is -5.78. The second kappa shape index (κ2) is 17.2. The number of thiophene rings is 1. The Labute approximate surface area is 379 Å². The van der Waals surface area contributed by atoms with Crippen molar-refractivity contribution >= 4 is 72.8 Å². The number of rotatable bonds is 9. The smallest absolute Gasteiger partial charge is 0.413 e. The molecule has 0 saturated carbocycles. The van der Waals surface area contributed by atoms with Crippen LogP contribution in [0.4, 0.5) is 48.2 Å². The summed E-state index contributed by atoms with van der Waals surface area (Å²) in [6.45, 7) is 9.89. The van der Waals surface area contributed by atoms with Crippen molar-refractivity contribution in [1.29, 1.82) is 5.26 Å². The molecule has 2 aromatic carbocycles. The van der Waals surface area contributed by atoms with Gasteiger partial charge in [-0.2, -0.15) is 15.2 Å². The van der Waals surface area contributed by atoms with Gasteiger partial charge in [-0.25, -0.2) is 36.5 Å². The minimum Gasteiger partial charge on any atom is -0.489 e. The van der Waals surface area contributed by atoms with Crippen LogP contribution in [-0.4, -0.2) is 94.2 Å². The van der Waals surface area contributed by atoms with Gasteiger partial charge < -0.3 is 23.8 Å². The van der Waals surface area contributed by atoms with Crippen molar-refractivity contribution in [2.45, 2.75) is 96.2 Å². The fraction of sp³-hybridized carbons (Fsp3) is 0.455. The number of benzene rings is 2. The standard InChI is InChI=1S/C44H44ClF5N8O6S/c1-42(2,3)63-40(59)54-36-23(9-7-13-52-36)32(35(49)50)58-15-16-61-33-28-31(53-39(55-37(28)58)62-20-44-12-8-14-57(44)19-21(46)17-44)30(48)27(29(33)45)22-10-11-25(47)34-26(22)24(18-51)38(65-34)56-41(60)64-43(4,5)6/h7,9-11,13,21,32,35H,8,12,14-17,19-20H2,1-6H3,(H,56,60)(H,52,54,59)/t21-,32+,44+/m1/s1. The summed E-state index contributed by atoms with van der Waals surface area (Å²) >= 11 is 7.83. The van der Waals surface area contributed by atoms with Crippen LogP contribution in [0, 0.1) is 23.0 Å². The Morgan fingerprint density at radius 3 is 2.48 bits per heavy atom. The number of ether oxygens (including phenoxy) is 4. The van der Waals surface area contributed by atoms with Crippen molar-refractivity contribution in [2.75, 3.05) is 48.4 Å². The van der Waals surface area contributed by atoms with Crippen LogP contribution in [-0.2, 0) is 9.47 Å². The third-order valence-corrected chi connectivity index (χ3v) is 12.6. The monoisotopic (exact) mass is 942 g/mol. The van der Waals surface area contributed by atoms with Crippen LogP contribution in [0.1, 0.15) is 78.0 Å². The molecule has 6 heterocycles. The number of amides is 2.